The summed E-state index contributed by atoms with van der Waals surface area (Å²) in [6.45, 7) is 2.12. The largest absolute Gasteiger partial charge is 0.488 e. The molecule has 0 fully saturated rings. The van der Waals surface area contributed by atoms with Crippen LogP contribution in [0.1, 0.15) is 49.3 Å². The van der Waals surface area contributed by atoms with Gasteiger partial charge in [0.25, 0.3) is 0 Å². The van der Waals surface area contributed by atoms with Crippen molar-refractivity contribution in [2.75, 3.05) is 0 Å². The predicted molar refractivity (Wildman–Crippen MR) is 132 cm³/mol. The summed E-state index contributed by atoms with van der Waals surface area (Å²) >= 11 is 0. The fourth-order valence-electron chi connectivity index (χ4n) is 4.16. The van der Waals surface area contributed by atoms with Crippen LogP contribution in [-0.2, 0) is 19.2 Å². The molecule has 1 aromatic heterocycles. The third kappa shape index (κ3) is 6.13. The molecule has 0 unspecified atom stereocenters. The van der Waals surface area contributed by atoms with E-state index < -0.39 is 17.4 Å². The first kappa shape index (κ1) is 24.6. The lowest BCUT2D eigenvalue weighted by Gasteiger charge is -2.15. The molecule has 182 valence electrons. The summed E-state index contributed by atoms with van der Waals surface area (Å²) in [6.07, 6.45) is 0.591. The molecule has 0 bridgehead atoms. The Bertz CT molecular complexity index is 1340. The van der Waals surface area contributed by atoms with Crippen LogP contribution in [-0.4, -0.2) is 0 Å². The maximum absolute atomic E-state index is 13.1. The lowest BCUT2D eigenvalue weighted by molar-refractivity contribution is -0.137. The number of hydrogen-bond acceptors (Lipinski definition) is 3. The van der Waals surface area contributed by atoms with Crippen LogP contribution in [0.4, 0.5) is 13.2 Å². The lowest BCUT2D eigenvalue weighted by atomic mass is 9.98. The van der Waals surface area contributed by atoms with E-state index in [1.165, 1.54) is 12.1 Å². The van der Waals surface area contributed by atoms with Crippen LogP contribution in [0.25, 0.3) is 22.1 Å². The summed E-state index contributed by atoms with van der Waals surface area (Å²) < 4.78 is 50.8. The normalized spacial score (nSPS) is 11.7. The zero-order valence-electron chi connectivity index (χ0n) is 19.5. The highest BCUT2D eigenvalue weighted by molar-refractivity contribution is 5.94. The highest BCUT2D eigenvalue weighted by atomic mass is 19.4. The van der Waals surface area contributed by atoms with Gasteiger partial charge in [0.2, 0.25) is 0 Å². The van der Waals surface area contributed by atoms with E-state index in [-0.39, 0.29) is 6.61 Å². The molecule has 3 aromatic carbocycles. The number of benzene rings is 3. The van der Waals surface area contributed by atoms with Crippen molar-refractivity contribution < 1.29 is 22.3 Å². The molecule has 0 aliphatic rings. The lowest BCUT2D eigenvalue weighted by Crippen LogP contribution is -2.06. The minimum absolute atomic E-state index is 0.0278. The molecule has 0 saturated carbocycles. The number of halogens is 3. The van der Waals surface area contributed by atoms with Gasteiger partial charge < -0.3 is 9.15 Å². The highest BCUT2D eigenvalue weighted by Gasteiger charge is 2.30. The molecule has 4 rings (SSSR count). The van der Waals surface area contributed by atoms with Gasteiger partial charge in [0.1, 0.15) is 17.9 Å². The van der Waals surface area contributed by atoms with Crippen molar-refractivity contribution in [3.8, 4) is 16.9 Å². The Morgan fingerprint density at radius 1 is 0.886 bits per heavy atom. The average molecular weight is 481 g/mol. The number of unbranched alkanes of at least 4 members (excludes halogenated alkanes) is 3. The third-order valence-electron chi connectivity index (χ3n) is 5.96. The molecule has 4 aromatic rings. The topological polar surface area (TPSA) is 39.4 Å². The van der Waals surface area contributed by atoms with E-state index in [0.29, 0.717) is 16.9 Å². The number of rotatable bonds is 9. The molecule has 0 radical (unpaired) electrons. The van der Waals surface area contributed by atoms with Crippen molar-refractivity contribution in [1.82, 2.24) is 0 Å². The summed E-state index contributed by atoms with van der Waals surface area (Å²) in [5.41, 5.74) is 2.22. The molecule has 35 heavy (non-hydrogen) atoms. The summed E-state index contributed by atoms with van der Waals surface area (Å²) in [5, 5.41) is 0.799. The summed E-state index contributed by atoms with van der Waals surface area (Å²) in [4.78, 5) is 12.3. The first-order valence-electron chi connectivity index (χ1n) is 11.8. The van der Waals surface area contributed by atoms with Crippen LogP contribution < -0.4 is 10.4 Å². The van der Waals surface area contributed by atoms with E-state index in [0.717, 1.165) is 66.3 Å². The van der Waals surface area contributed by atoms with E-state index in [1.807, 2.05) is 36.4 Å². The number of fused-ring (bicyclic) bond motifs is 1. The number of alkyl halides is 3. The van der Waals surface area contributed by atoms with E-state index in [9.17, 15) is 18.0 Å². The summed E-state index contributed by atoms with van der Waals surface area (Å²) in [7, 11) is 0. The van der Waals surface area contributed by atoms with Gasteiger partial charge in [0, 0.05) is 17.5 Å². The van der Waals surface area contributed by atoms with E-state index in [4.69, 9.17) is 9.15 Å². The maximum atomic E-state index is 13.1. The monoisotopic (exact) mass is 480 g/mol. The molecule has 0 aliphatic heterocycles. The van der Waals surface area contributed by atoms with Crippen molar-refractivity contribution >= 4 is 11.0 Å². The van der Waals surface area contributed by atoms with Gasteiger partial charge in [0.15, 0.2) is 0 Å². The predicted octanol–water partition coefficient (Wildman–Crippen LogP) is 8.18. The number of aryl methyl sites for hydroxylation is 1. The molecular weight excluding hydrogens is 453 g/mol. The molecule has 1 heterocycles. The fourth-order valence-corrected chi connectivity index (χ4v) is 4.16. The zero-order valence-corrected chi connectivity index (χ0v) is 19.5. The van der Waals surface area contributed by atoms with Crippen LogP contribution in [0.2, 0.25) is 0 Å². The number of ether oxygens (including phenoxy) is 1. The van der Waals surface area contributed by atoms with Gasteiger partial charge >= 0.3 is 11.8 Å². The Balaban J connectivity index is 1.71. The van der Waals surface area contributed by atoms with Crippen LogP contribution in [0.15, 0.2) is 82.0 Å². The van der Waals surface area contributed by atoms with E-state index >= 15 is 0 Å². The van der Waals surface area contributed by atoms with Gasteiger partial charge in [0.05, 0.1) is 5.56 Å². The summed E-state index contributed by atoms with van der Waals surface area (Å²) in [6, 6.07) is 19.9. The fraction of sp³-hybridized carbons (Fsp3) is 0.276. The van der Waals surface area contributed by atoms with Crippen molar-refractivity contribution in [1.29, 1.82) is 0 Å². The minimum atomic E-state index is -4.42. The SMILES string of the molecule is CCCCCCc1cc2c(-c3ccccc3)cc(=O)oc2cc1OCc1cccc(C(F)(F)F)c1. The van der Waals surface area contributed by atoms with Crippen molar-refractivity contribution in [3.63, 3.8) is 0 Å². The highest BCUT2D eigenvalue weighted by Crippen LogP contribution is 2.34. The third-order valence-corrected chi connectivity index (χ3v) is 5.96. The molecule has 3 nitrogen and oxygen atoms in total. The van der Waals surface area contributed by atoms with Gasteiger partial charge in [-0.25, -0.2) is 4.79 Å². The molecule has 0 spiro atoms. The number of hydrogen-bond donors (Lipinski definition) is 0. The second-order valence-electron chi connectivity index (χ2n) is 8.60. The molecule has 0 saturated heterocycles. The van der Waals surface area contributed by atoms with E-state index in [1.54, 1.807) is 12.1 Å². The molecule has 0 aliphatic carbocycles. The van der Waals surface area contributed by atoms with Crippen molar-refractivity contribution in [3.05, 3.63) is 99.9 Å². The minimum Gasteiger partial charge on any atom is -0.488 e. The molecule has 6 heteroatoms. The Morgan fingerprint density at radius 2 is 1.69 bits per heavy atom. The van der Waals surface area contributed by atoms with Crippen molar-refractivity contribution in [2.45, 2.75) is 51.8 Å². The van der Waals surface area contributed by atoms with Crippen LogP contribution in [0.3, 0.4) is 0 Å². The summed E-state index contributed by atoms with van der Waals surface area (Å²) in [5.74, 6) is 0.514. The maximum Gasteiger partial charge on any atom is 0.416 e. The second-order valence-corrected chi connectivity index (χ2v) is 8.60. The Morgan fingerprint density at radius 3 is 2.43 bits per heavy atom. The first-order chi connectivity index (χ1) is 16.8. The van der Waals surface area contributed by atoms with Gasteiger partial charge in [-0.2, -0.15) is 13.2 Å². The van der Waals surface area contributed by atoms with Gasteiger partial charge in [-0.15, -0.1) is 0 Å². The Hall–Kier alpha value is -3.54. The standard InChI is InChI=1S/C29H27F3O3/c1-2-3-4-6-13-22-16-25-24(21-11-7-5-8-12-21)17-28(33)35-27(25)18-26(22)34-19-20-10-9-14-23(15-20)29(30,31)32/h5,7-12,14-18H,2-4,6,13,19H2,1H3. The van der Waals surface area contributed by atoms with Gasteiger partial charge in [-0.1, -0.05) is 68.7 Å². The molecule has 0 atom stereocenters. The second kappa shape index (κ2) is 10.8. The smallest absolute Gasteiger partial charge is 0.416 e. The zero-order chi connectivity index (χ0) is 24.8. The first-order valence-corrected chi connectivity index (χ1v) is 11.8. The Kier molecular flexibility index (Phi) is 7.59. The van der Waals surface area contributed by atoms with Gasteiger partial charge in [-0.3, -0.25) is 0 Å². The van der Waals surface area contributed by atoms with Crippen LogP contribution in [0, 0.1) is 0 Å². The molecular formula is C29H27F3O3. The van der Waals surface area contributed by atoms with Crippen LogP contribution in [0.5, 0.6) is 5.75 Å². The average Bonchev–Trinajstić information content (AvgIpc) is 2.85. The molecule has 0 amide bonds. The van der Waals surface area contributed by atoms with E-state index in [2.05, 4.69) is 6.92 Å². The van der Waals surface area contributed by atoms with Gasteiger partial charge in [-0.05, 0) is 53.3 Å². The quantitative estimate of drug-likeness (QED) is 0.179. The molecule has 0 N–H and O–H groups in total. The van der Waals surface area contributed by atoms with Crippen molar-refractivity contribution in [2.24, 2.45) is 0 Å². The Labute approximate surface area is 202 Å². The van der Waals surface area contributed by atoms with Crippen LogP contribution >= 0.6 is 0 Å².